The van der Waals surface area contributed by atoms with Gasteiger partial charge in [0.15, 0.2) is 0 Å². The lowest BCUT2D eigenvalue weighted by Crippen LogP contribution is -2.18. The molecule has 126 valence electrons. The van der Waals surface area contributed by atoms with E-state index in [1.54, 1.807) is 25.3 Å². The van der Waals surface area contributed by atoms with Crippen LogP contribution >= 0.6 is 11.6 Å². The molecule has 2 rings (SSSR count). The highest BCUT2D eigenvalue weighted by Gasteiger charge is 2.12. The van der Waals surface area contributed by atoms with Crippen molar-refractivity contribution in [3.63, 3.8) is 0 Å². The zero-order valence-electron chi connectivity index (χ0n) is 14.2. The van der Waals surface area contributed by atoms with Gasteiger partial charge in [0.25, 0.3) is 5.91 Å². The van der Waals surface area contributed by atoms with Gasteiger partial charge in [0.2, 0.25) is 5.84 Å². The first kappa shape index (κ1) is 17.8. The first-order chi connectivity index (χ1) is 11.4. The van der Waals surface area contributed by atoms with Crippen molar-refractivity contribution in [3.8, 4) is 5.75 Å². The number of carbonyl (C=O) groups excluding carboxylic acids is 1. The lowest BCUT2D eigenvalue weighted by atomic mass is 10.2. The molecule has 0 atom stereocenters. The molecule has 0 aliphatic rings. The number of ether oxygens (including phenoxy) is 1. The van der Waals surface area contributed by atoms with Crippen molar-refractivity contribution in [1.29, 1.82) is 0 Å². The SMILES string of the molecule is COc1ccc(C(=O)Nc2ccc(NC(C)=[N+](C)C)cc2)c(Cl)c1. The first-order valence-corrected chi connectivity index (χ1v) is 7.81. The molecule has 6 heteroatoms. The van der Waals surface area contributed by atoms with Gasteiger partial charge < -0.3 is 10.1 Å². The second-order valence-corrected chi connectivity index (χ2v) is 5.89. The molecule has 5 nitrogen and oxygen atoms in total. The number of anilines is 2. The van der Waals surface area contributed by atoms with Crippen molar-refractivity contribution in [3.05, 3.63) is 53.1 Å². The molecule has 2 aromatic rings. The number of halogens is 1. The maximum absolute atomic E-state index is 12.3. The maximum atomic E-state index is 12.3. The standard InChI is InChI=1S/C18H20ClN3O2/c1-12(22(2)3)20-13-5-7-14(8-6-13)21-18(23)16-10-9-15(24-4)11-17(16)19/h5-11H,1-4H3,(H,21,23)/p+1. The molecule has 0 aromatic heterocycles. The van der Waals surface area contributed by atoms with Crippen LogP contribution in [0.3, 0.4) is 0 Å². The van der Waals surface area contributed by atoms with E-state index in [-0.39, 0.29) is 5.91 Å². The number of rotatable bonds is 4. The monoisotopic (exact) mass is 346 g/mol. The molecule has 0 saturated heterocycles. The van der Waals surface area contributed by atoms with Gasteiger partial charge in [0.1, 0.15) is 11.4 Å². The molecule has 24 heavy (non-hydrogen) atoms. The molecular formula is C18H21ClN3O2+. The molecule has 0 bridgehead atoms. The van der Waals surface area contributed by atoms with E-state index in [0.29, 0.717) is 22.0 Å². The van der Waals surface area contributed by atoms with Gasteiger partial charge in [-0.1, -0.05) is 11.6 Å². The Labute approximate surface area is 146 Å². The minimum atomic E-state index is -0.264. The fourth-order valence-corrected chi connectivity index (χ4v) is 2.22. The molecule has 0 fully saturated rings. The quantitative estimate of drug-likeness (QED) is 0.504. The fourth-order valence-electron chi connectivity index (χ4n) is 1.96. The third-order valence-corrected chi connectivity index (χ3v) is 3.87. The van der Waals surface area contributed by atoms with Gasteiger partial charge in [0, 0.05) is 12.6 Å². The number of carbonyl (C=O) groups is 1. The van der Waals surface area contributed by atoms with Gasteiger partial charge in [-0.25, -0.2) is 5.32 Å². The minimum Gasteiger partial charge on any atom is -0.497 e. The summed E-state index contributed by atoms with van der Waals surface area (Å²) < 4.78 is 7.07. The Balaban J connectivity index is 2.08. The van der Waals surface area contributed by atoms with Crippen LogP contribution in [0.2, 0.25) is 5.02 Å². The average molecular weight is 347 g/mol. The number of nitrogens with one attached hydrogen (secondary N) is 2. The predicted molar refractivity (Wildman–Crippen MR) is 98.8 cm³/mol. The molecular weight excluding hydrogens is 326 g/mol. The van der Waals surface area contributed by atoms with Crippen LogP contribution in [0.4, 0.5) is 11.4 Å². The number of amides is 1. The third kappa shape index (κ3) is 4.49. The minimum absolute atomic E-state index is 0.264. The van der Waals surface area contributed by atoms with Crippen LogP contribution in [-0.4, -0.2) is 37.5 Å². The molecule has 1 amide bonds. The Kier molecular flexibility index (Phi) is 5.82. The van der Waals surface area contributed by atoms with E-state index >= 15 is 0 Å². The number of hydrogen-bond acceptors (Lipinski definition) is 2. The van der Waals surface area contributed by atoms with Crippen LogP contribution in [0.15, 0.2) is 42.5 Å². The lowest BCUT2D eigenvalue weighted by molar-refractivity contribution is -0.464. The molecule has 2 N–H and O–H groups in total. The topological polar surface area (TPSA) is 53.4 Å². The van der Waals surface area contributed by atoms with Crippen molar-refractivity contribution >= 4 is 34.7 Å². The summed E-state index contributed by atoms with van der Waals surface area (Å²) in [6.07, 6.45) is 0. The molecule has 0 spiro atoms. The molecule has 0 unspecified atom stereocenters. The molecule has 0 saturated carbocycles. The molecule has 0 aliphatic heterocycles. The van der Waals surface area contributed by atoms with E-state index in [0.717, 1.165) is 11.5 Å². The summed E-state index contributed by atoms with van der Waals surface area (Å²) in [4.78, 5) is 12.3. The molecule has 2 aromatic carbocycles. The summed E-state index contributed by atoms with van der Waals surface area (Å²) in [6, 6.07) is 12.4. The summed E-state index contributed by atoms with van der Waals surface area (Å²) in [5, 5.41) is 6.45. The van der Waals surface area contributed by atoms with E-state index in [4.69, 9.17) is 16.3 Å². The summed E-state index contributed by atoms with van der Waals surface area (Å²) in [5.74, 6) is 1.37. The van der Waals surface area contributed by atoms with E-state index in [9.17, 15) is 4.79 Å². The van der Waals surface area contributed by atoms with E-state index in [1.165, 1.54) is 0 Å². The van der Waals surface area contributed by atoms with Gasteiger partial charge in [-0.3, -0.25) is 9.37 Å². The fraction of sp³-hybridized carbons (Fsp3) is 0.222. The van der Waals surface area contributed by atoms with Crippen LogP contribution < -0.4 is 15.4 Å². The van der Waals surface area contributed by atoms with Crippen LogP contribution in [0.5, 0.6) is 5.75 Å². The average Bonchev–Trinajstić information content (AvgIpc) is 2.56. The highest BCUT2D eigenvalue weighted by Crippen LogP contribution is 2.23. The van der Waals surface area contributed by atoms with Crippen molar-refractivity contribution in [1.82, 2.24) is 0 Å². The summed E-state index contributed by atoms with van der Waals surface area (Å²) >= 11 is 6.12. The van der Waals surface area contributed by atoms with Gasteiger partial charge in [0.05, 0.1) is 31.8 Å². The first-order valence-electron chi connectivity index (χ1n) is 7.43. The Morgan fingerprint density at radius 2 is 1.62 bits per heavy atom. The van der Waals surface area contributed by atoms with Crippen molar-refractivity contribution in [2.24, 2.45) is 0 Å². The number of amidine groups is 1. The largest absolute Gasteiger partial charge is 0.497 e. The molecule has 0 radical (unpaired) electrons. The summed E-state index contributed by atoms with van der Waals surface area (Å²) in [6.45, 7) is 1.99. The second kappa shape index (κ2) is 7.84. The van der Waals surface area contributed by atoms with Crippen LogP contribution in [0.25, 0.3) is 0 Å². The smallest absolute Gasteiger partial charge is 0.257 e. The second-order valence-electron chi connectivity index (χ2n) is 5.48. The Morgan fingerprint density at radius 1 is 1.04 bits per heavy atom. The number of hydrogen-bond donors (Lipinski definition) is 2. The zero-order chi connectivity index (χ0) is 17.7. The molecule has 0 heterocycles. The Hall–Kier alpha value is -2.53. The number of methoxy groups -OCH3 is 1. The Morgan fingerprint density at radius 3 is 2.12 bits per heavy atom. The van der Waals surface area contributed by atoms with Crippen LogP contribution in [0, 0.1) is 0 Å². The highest BCUT2D eigenvalue weighted by atomic mass is 35.5. The zero-order valence-corrected chi connectivity index (χ0v) is 14.9. The number of benzene rings is 2. The van der Waals surface area contributed by atoms with Gasteiger partial charge in [-0.15, -0.1) is 0 Å². The van der Waals surface area contributed by atoms with E-state index in [2.05, 4.69) is 10.6 Å². The van der Waals surface area contributed by atoms with Gasteiger partial charge >= 0.3 is 0 Å². The number of nitrogens with zero attached hydrogens (tertiary/aromatic N) is 1. The maximum Gasteiger partial charge on any atom is 0.257 e. The van der Waals surface area contributed by atoms with Crippen LogP contribution in [0.1, 0.15) is 17.3 Å². The lowest BCUT2D eigenvalue weighted by Gasteiger charge is -2.08. The predicted octanol–water partition coefficient (Wildman–Crippen LogP) is 3.70. The van der Waals surface area contributed by atoms with Crippen molar-refractivity contribution in [2.75, 3.05) is 31.8 Å². The van der Waals surface area contributed by atoms with Gasteiger partial charge in [-0.05, 0) is 42.5 Å². The van der Waals surface area contributed by atoms with Crippen LogP contribution in [-0.2, 0) is 0 Å². The van der Waals surface area contributed by atoms with E-state index in [1.807, 2.05) is 49.9 Å². The molecule has 0 aliphatic carbocycles. The third-order valence-electron chi connectivity index (χ3n) is 3.56. The Bertz CT molecular complexity index is 766. The highest BCUT2D eigenvalue weighted by molar-refractivity contribution is 6.34. The summed E-state index contributed by atoms with van der Waals surface area (Å²) in [5.41, 5.74) is 2.04. The normalized spacial score (nSPS) is 10.0. The van der Waals surface area contributed by atoms with Crippen molar-refractivity contribution < 1.29 is 14.1 Å². The van der Waals surface area contributed by atoms with Crippen molar-refractivity contribution in [2.45, 2.75) is 6.92 Å². The van der Waals surface area contributed by atoms with E-state index < -0.39 is 0 Å². The summed E-state index contributed by atoms with van der Waals surface area (Å²) in [7, 11) is 5.49. The van der Waals surface area contributed by atoms with Gasteiger partial charge in [-0.2, -0.15) is 0 Å².